The molecule has 0 saturated carbocycles. The van der Waals surface area contributed by atoms with Crippen molar-refractivity contribution in [1.82, 2.24) is 15.1 Å². The van der Waals surface area contributed by atoms with Crippen LogP contribution in [-0.4, -0.2) is 20.6 Å². The van der Waals surface area contributed by atoms with Gasteiger partial charge < -0.3 is 5.32 Å². The van der Waals surface area contributed by atoms with E-state index in [2.05, 4.69) is 10.4 Å². The van der Waals surface area contributed by atoms with E-state index >= 15 is 0 Å². The van der Waals surface area contributed by atoms with Crippen molar-refractivity contribution in [2.75, 3.05) is 0 Å². The van der Waals surface area contributed by atoms with Crippen LogP contribution in [0.25, 0.3) is 0 Å². The van der Waals surface area contributed by atoms with Crippen LogP contribution in [0.4, 0.5) is 10.1 Å². The highest BCUT2D eigenvalue weighted by atomic mass is 19.1. The number of hydrogen-bond acceptors (Lipinski definition) is 4. The molecule has 0 aliphatic heterocycles. The SMILES string of the molecule is Cc1nn(C)c(C(=O)NC(c2ccc(F)cc2)C(C)(C)C)c1[N+](=O)[O-]. The van der Waals surface area contributed by atoms with Gasteiger partial charge in [0.1, 0.15) is 11.5 Å². The summed E-state index contributed by atoms with van der Waals surface area (Å²) >= 11 is 0. The molecule has 2 aromatic rings. The minimum absolute atomic E-state index is 0.112. The summed E-state index contributed by atoms with van der Waals surface area (Å²) in [7, 11) is 1.49. The van der Waals surface area contributed by atoms with Crippen LogP contribution in [0.3, 0.4) is 0 Å². The second kappa shape index (κ2) is 6.62. The first-order valence-electron chi connectivity index (χ1n) is 7.76. The molecule has 134 valence electrons. The van der Waals surface area contributed by atoms with E-state index in [0.29, 0.717) is 5.56 Å². The van der Waals surface area contributed by atoms with E-state index in [-0.39, 0.29) is 22.9 Å². The maximum Gasteiger partial charge on any atom is 0.322 e. The highest BCUT2D eigenvalue weighted by Crippen LogP contribution is 2.33. The number of aromatic nitrogens is 2. The first-order chi connectivity index (χ1) is 11.5. The van der Waals surface area contributed by atoms with Crippen LogP contribution < -0.4 is 5.32 Å². The van der Waals surface area contributed by atoms with Crippen molar-refractivity contribution >= 4 is 11.6 Å². The number of carbonyl (C=O) groups is 1. The van der Waals surface area contributed by atoms with Gasteiger partial charge in [-0.05, 0) is 30.0 Å². The molecule has 2 rings (SSSR count). The molecule has 0 bridgehead atoms. The van der Waals surface area contributed by atoms with Crippen LogP contribution in [0, 0.1) is 28.3 Å². The highest BCUT2D eigenvalue weighted by Gasteiger charge is 2.34. The van der Waals surface area contributed by atoms with E-state index in [4.69, 9.17) is 0 Å². The molecule has 0 aliphatic carbocycles. The van der Waals surface area contributed by atoms with Crippen LogP contribution in [0.5, 0.6) is 0 Å². The Kier molecular flexibility index (Phi) is 4.92. The maximum absolute atomic E-state index is 13.2. The third-order valence-corrected chi connectivity index (χ3v) is 3.93. The van der Waals surface area contributed by atoms with Gasteiger partial charge in [-0.1, -0.05) is 32.9 Å². The van der Waals surface area contributed by atoms with Gasteiger partial charge in [0.15, 0.2) is 0 Å². The van der Waals surface area contributed by atoms with Crippen molar-refractivity contribution in [1.29, 1.82) is 0 Å². The zero-order chi connectivity index (χ0) is 18.9. The van der Waals surface area contributed by atoms with E-state index in [1.165, 1.54) is 30.8 Å². The molecule has 7 nitrogen and oxygen atoms in total. The fourth-order valence-corrected chi connectivity index (χ4v) is 2.77. The third-order valence-electron chi connectivity index (χ3n) is 3.93. The summed E-state index contributed by atoms with van der Waals surface area (Å²) in [5, 5.41) is 18.1. The zero-order valence-corrected chi connectivity index (χ0v) is 14.8. The van der Waals surface area contributed by atoms with Gasteiger partial charge >= 0.3 is 5.69 Å². The zero-order valence-electron chi connectivity index (χ0n) is 14.8. The molecule has 25 heavy (non-hydrogen) atoms. The van der Waals surface area contributed by atoms with Crippen molar-refractivity contribution in [3.63, 3.8) is 0 Å². The normalized spacial score (nSPS) is 12.7. The molecule has 1 unspecified atom stereocenters. The van der Waals surface area contributed by atoms with Crippen LogP contribution in [-0.2, 0) is 7.05 Å². The second-order valence-corrected chi connectivity index (χ2v) is 6.99. The largest absolute Gasteiger partial charge is 0.343 e. The smallest absolute Gasteiger partial charge is 0.322 e. The van der Waals surface area contributed by atoms with Crippen molar-refractivity contribution in [2.24, 2.45) is 12.5 Å². The highest BCUT2D eigenvalue weighted by molar-refractivity contribution is 5.97. The first kappa shape index (κ1) is 18.6. The van der Waals surface area contributed by atoms with E-state index in [0.717, 1.165) is 0 Å². The van der Waals surface area contributed by atoms with Crippen LogP contribution >= 0.6 is 0 Å². The molecular weight excluding hydrogens is 327 g/mol. The molecule has 0 aliphatic rings. The lowest BCUT2D eigenvalue weighted by atomic mass is 9.82. The summed E-state index contributed by atoms with van der Waals surface area (Å²) in [5.41, 5.74) is 0.0665. The van der Waals surface area contributed by atoms with Gasteiger partial charge in [0, 0.05) is 7.05 Å². The lowest BCUT2D eigenvalue weighted by Gasteiger charge is -2.32. The molecule has 0 fully saturated rings. The quantitative estimate of drug-likeness (QED) is 0.678. The van der Waals surface area contributed by atoms with Gasteiger partial charge in [-0.3, -0.25) is 19.6 Å². The van der Waals surface area contributed by atoms with Gasteiger partial charge in [0.05, 0.1) is 11.0 Å². The predicted octanol–water partition coefficient (Wildman–Crippen LogP) is 3.29. The number of hydrogen-bond donors (Lipinski definition) is 1. The predicted molar refractivity (Wildman–Crippen MR) is 90.7 cm³/mol. The molecule has 1 heterocycles. The standard InChI is InChI=1S/C17H21FN4O3/c1-10-13(22(24)25)14(21(5)20-10)16(23)19-15(17(2,3)4)11-6-8-12(18)9-7-11/h6-9,15H,1-5H3,(H,19,23). The summed E-state index contributed by atoms with van der Waals surface area (Å²) < 4.78 is 14.4. The Hall–Kier alpha value is -2.77. The maximum atomic E-state index is 13.2. The average Bonchev–Trinajstić information content (AvgIpc) is 2.79. The van der Waals surface area contributed by atoms with Crippen molar-refractivity contribution in [3.8, 4) is 0 Å². The van der Waals surface area contributed by atoms with E-state index in [1.807, 2.05) is 20.8 Å². The second-order valence-electron chi connectivity index (χ2n) is 6.99. The lowest BCUT2D eigenvalue weighted by molar-refractivity contribution is -0.385. The molecule has 0 spiro atoms. The van der Waals surface area contributed by atoms with Crippen molar-refractivity contribution in [3.05, 3.63) is 57.1 Å². The molecule has 1 aromatic heterocycles. The Balaban J connectivity index is 2.42. The Bertz CT molecular complexity index is 807. The van der Waals surface area contributed by atoms with Crippen LogP contribution in [0.15, 0.2) is 24.3 Å². The lowest BCUT2D eigenvalue weighted by Crippen LogP contribution is -2.37. The van der Waals surface area contributed by atoms with Gasteiger partial charge in [0.25, 0.3) is 5.91 Å². The van der Waals surface area contributed by atoms with Crippen molar-refractivity contribution in [2.45, 2.75) is 33.7 Å². The summed E-state index contributed by atoms with van der Waals surface area (Å²) in [6.07, 6.45) is 0. The molecule has 1 aromatic carbocycles. The Morgan fingerprint density at radius 1 is 1.32 bits per heavy atom. The number of nitro groups is 1. The number of benzene rings is 1. The molecule has 8 heteroatoms. The van der Waals surface area contributed by atoms with E-state index in [1.54, 1.807) is 12.1 Å². The molecule has 1 amide bonds. The topological polar surface area (TPSA) is 90.1 Å². The van der Waals surface area contributed by atoms with E-state index < -0.39 is 22.3 Å². The number of aryl methyl sites for hydroxylation is 2. The number of nitrogens with one attached hydrogen (secondary N) is 1. The minimum Gasteiger partial charge on any atom is -0.343 e. The monoisotopic (exact) mass is 348 g/mol. The summed E-state index contributed by atoms with van der Waals surface area (Å²) in [4.78, 5) is 23.4. The molecule has 0 radical (unpaired) electrons. The first-order valence-corrected chi connectivity index (χ1v) is 7.76. The Morgan fingerprint density at radius 2 is 1.88 bits per heavy atom. The molecule has 1 atom stereocenters. The van der Waals surface area contributed by atoms with Gasteiger partial charge in [-0.25, -0.2) is 4.39 Å². The molecule has 1 N–H and O–H groups in total. The Labute approximate surface area is 145 Å². The molecular formula is C17H21FN4O3. The van der Waals surface area contributed by atoms with E-state index in [9.17, 15) is 19.3 Å². The number of rotatable bonds is 4. The minimum atomic E-state index is -0.610. The summed E-state index contributed by atoms with van der Waals surface area (Å²) in [5.74, 6) is -0.973. The number of carbonyl (C=O) groups excluding carboxylic acids is 1. The number of nitrogens with zero attached hydrogens (tertiary/aromatic N) is 3. The average molecular weight is 348 g/mol. The van der Waals surface area contributed by atoms with Gasteiger partial charge in [-0.2, -0.15) is 5.10 Å². The molecule has 0 saturated heterocycles. The fraction of sp³-hybridized carbons (Fsp3) is 0.412. The van der Waals surface area contributed by atoms with Gasteiger partial charge in [0.2, 0.25) is 5.69 Å². The number of halogens is 1. The third kappa shape index (κ3) is 3.84. The van der Waals surface area contributed by atoms with Crippen LogP contribution in [0.2, 0.25) is 0 Å². The van der Waals surface area contributed by atoms with Crippen LogP contribution in [0.1, 0.15) is 48.6 Å². The Morgan fingerprint density at radius 3 is 2.36 bits per heavy atom. The number of amides is 1. The summed E-state index contributed by atoms with van der Waals surface area (Å²) in [6, 6.07) is 5.35. The van der Waals surface area contributed by atoms with Gasteiger partial charge in [-0.15, -0.1) is 0 Å². The van der Waals surface area contributed by atoms with Crippen molar-refractivity contribution < 1.29 is 14.1 Å². The summed E-state index contributed by atoms with van der Waals surface area (Å²) in [6.45, 7) is 7.24. The fourth-order valence-electron chi connectivity index (χ4n) is 2.77.